The Kier molecular flexibility index (Phi) is 6.69. The molecule has 1 atom stereocenters. The monoisotopic (exact) mass is 380 g/mol. The van der Waals surface area contributed by atoms with E-state index >= 15 is 0 Å². The zero-order valence-electron chi connectivity index (χ0n) is 16.6. The summed E-state index contributed by atoms with van der Waals surface area (Å²) in [6.45, 7) is 3.88. The third-order valence-electron chi connectivity index (χ3n) is 5.15. The molecule has 0 saturated carbocycles. The number of nitrogens with one attached hydrogen (secondary N) is 2. The average Bonchev–Trinajstić information content (AvgIpc) is 2.72. The molecule has 5 heteroatoms. The quantitative estimate of drug-likeness (QED) is 0.760. The van der Waals surface area contributed by atoms with Crippen LogP contribution in [0.1, 0.15) is 54.6 Å². The third kappa shape index (κ3) is 4.91. The lowest BCUT2D eigenvalue weighted by Gasteiger charge is -2.19. The summed E-state index contributed by atoms with van der Waals surface area (Å²) in [5.41, 5.74) is 3.48. The maximum absolute atomic E-state index is 12.5. The van der Waals surface area contributed by atoms with Crippen molar-refractivity contribution >= 4 is 17.5 Å². The van der Waals surface area contributed by atoms with Gasteiger partial charge in [-0.3, -0.25) is 9.59 Å². The van der Waals surface area contributed by atoms with Gasteiger partial charge >= 0.3 is 0 Å². The molecule has 0 radical (unpaired) electrons. The molecular weight excluding hydrogens is 352 g/mol. The molecule has 2 aromatic rings. The van der Waals surface area contributed by atoms with Crippen LogP contribution < -0.4 is 15.4 Å². The van der Waals surface area contributed by atoms with Crippen LogP contribution in [0.25, 0.3) is 0 Å². The van der Waals surface area contributed by atoms with Crippen molar-refractivity contribution in [3.63, 3.8) is 0 Å². The van der Waals surface area contributed by atoms with E-state index in [1.807, 2.05) is 26.0 Å². The second-order valence-electron chi connectivity index (χ2n) is 7.27. The number of carbonyl (C=O) groups excluding carboxylic acids is 2. The van der Waals surface area contributed by atoms with Crippen LogP contribution in [-0.4, -0.2) is 24.5 Å². The highest BCUT2D eigenvalue weighted by molar-refractivity contribution is 6.04. The first-order valence-corrected chi connectivity index (χ1v) is 10.0. The second-order valence-corrected chi connectivity index (χ2v) is 7.27. The zero-order valence-corrected chi connectivity index (χ0v) is 16.6. The summed E-state index contributed by atoms with van der Waals surface area (Å²) in [4.78, 5) is 24.9. The van der Waals surface area contributed by atoms with E-state index < -0.39 is 0 Å². The van der Waals surface area contributed by atoms with Crippen molar-refractivity contribution in [2.45, 2.75) is 52.0 Å². The first-order valence-electron chi connectivity index (χ1n) is 10.0. The summed E-state index contributed by atoms with van der Waals surface area (Å²) in [6.07, 6.45) is 5.25. The van der Waals surface area contributed by atoms with Gasteiger partial charge in [-0.1, -0.05) is 31.2 Å². The van der Waals surface area contributed by atoms with Crippen molar-refractivity contribution in [3.05, 3.63) is 59.2 Å². The van der Waals surface area contributed by atoms with E-state index in [1.54, 1.807) is 24.3 Å². The van der Waals surface area contributed by atoms with E-state index in [0.717, 1.165) is 31.4 Å². The Morgan fingerprint density at radius 2 is 1.86 bits per heavy atom. The van der Waals surface area contributed by atoms with Crippen LogP contribution in [0.5, 0.6) is 5.75 Å². The zero-order chi connectivity index (χ0) is 19.9. The van der Waals surface area contributed by atoms with E-state index in [4.69, 9.17) is 4.74 Å². The van der Waals surface area contributed by atoms with Crippen molar-refractivity contribution in [3.8, 4) is 5.75 Å². The van der Waals surface area contributed by atoms with Gasteiger partial charge in [0, 0.05) is 6.04 Å². The molecule has 28 heavy (non-hydrogen) atoms. The van der Waals surface area contributed by atoms with E-state index in [1.165, 1.54) is 17.5 Å². The Hall–Kier alpha value is -2.82. The van der Waals surface area contributed by atoms with Gasteiger partial charge in [0.15, 0.2) is 6.61 Å². The van der Waals surface area contributed by atoms with E-state index in [2.05, 4.69) is 16.7 Å². The number of para-hydroxylation sites is 1. The number of ether oxygens (including phenoxy) is 1. The van der Waals surface area contributed by atoms with Crippen molar-refractivity contribution < 1.29 is 14.3 Å². The Labute approximate surface area is 166 Å². The molecule has 2 amide bonds. The molecule has 148 valence electrons. The second kappa shape index (κ2) is 9.40. The van der Waals surface area contributed by atoms with E-state index in [9.17, 15) is 9.59 Å². The fraction of sp³-hybridized carbons (Fsp3) is 0.391. The Morgan fingerprint density at radius 1 is 1.07 bits per heavy atom. The van der Waals surface area contributed by atoms with E-state index in [-0.39, 0.29) is 24.5 Å². The highest BCUT2D eigenvalue weighted by Crippen LogP contribution is 2.29. The van der Waals surface area contributed by atoms with Crippen LogP contribution >= 0.6 is 0 Å². The van der Waals surface area contributed by atoms with Gasteiger partial charge in [0.2, 0.25) is 0 Å². The Bertz CT molecular complexity index is 847. The van der Waals surface area contributed by atoms with Gasteiger partial charge in [-0.05, 0) is 68.4 Å². The van der Waals surface area contributed by atoms with Crippen molar-refractivity contribution in [1.82, 2.24) is 5.32 Å². The number of benzene rings is 2. The maximum Gasteiger partial charge on any atom is 0.262 e. The summed E-state index contributed by atoms with van der Waals surface area (Å²) >= 11 is 0. The van der Waals surface area contributed by atoms with Gasteiger partial charge < -0.3 is 15.4 Å². The summed E-state index contributed by atoms with van der Waals surface area (Å²) in [5.74, 6) is 0.315. The van der Waals surface area contributed by atoms with Crippen LogP contribution in [0.4, 0.5) is 5.69 Å². The smallest absolute Gasteiger partial charge is 0.262 e. The minimum absolute atomic E-state index is 0.0730. The topological polar surface area (TPSA) is 67.4 Å². The van der Waals surface area contributed by atoms with E-state index in [0.29, 0.717) is 11.3 Å². The number of rotatable bonds is 7. The molecule has 0 aromatic heterocycles. The number of hydrogen-bond donors (Lipinski definition) is 2. The van der Waals surface area contributed by atoms with Gasteiger partial charge in [-0.15, -0.1) is 0 Å². The lowest BCUT2D eigenvalue weighted by atomic mass is 9.91. The van der Waals surface area contributed by atoms with Crippen molar-refractivity contribution in [2.75, 3.05) is 11.9 Å². The minimum atomic E-state index is -0.280. The van der Waals surface area contributed by atoms with Gasteiger partial charge in [0.25, 0.3) is 11.8 Å². The Balaban J connectivity index is 1.64. The predicted molar refractivity (Wildman–Crippen MR) is 111 cm³/mol. The molecule has 1 unspecified atom stereocenters. The summed E-state index contributed by atoms with van der Waals surface area (Å²) in [6, 6.07) is 13.1. The lowest BCUT2D eigenvalue weighted by molar-refractivity contribution is -0.118. The van der Waals surface area contributed by atoms with Crippen LogP contribution in [0.15, 0.2) is 42.5 Å². The summed E-state index contributed by atoms with van der Waals surface area (Å²) in [5, 5.41) is 5.74. The lowest BCUT2D eigenvalue weighted by Crippen LogP contribution is -2.33. The largest absolute Gasteiger partial charge is 0.483 e. The van der Waals surface area contributed by atoms with Gasteiger partial charge in [-0.25, -0.2) is 0 Å². The molecule has 2 aromatic carbocycles. The molecule has 0 aliphatic heterocycles. The molecule has 0 spiro atoms. The fourth-order valence-corrected chi connectivity index (χ4v) is 3.40. The van der Waals surface area contributed by atoms with Crippen molar-refractivity contribution in [2.24, 2.45) is 0 Å². The predicted octanol–water partition coefficient (Wildman–Crippen LogP) is 4.11. The molecule has 2 N–H and O–H groups in total. The van der Waals surface area contributed by atoms with Crippen LogP contribution in [0, 0.1) is 0 Å². The molecular formula is C23H28N2O3. The van der Waals surface area contributed by atoms with Gasteiger partial charge in [0.1, 0.15) is 5.75 Å². The molecule has 0 saturated heterocycles. The third-order valence-corrected chi connectivity index (χ3v) is 5.15. The number of anilines is 1. The minimum Gasteiger partial charge on any atom is -0.483 e. The summed E-state index contributed by atoms with van der Waals surface area (Å²) in [7, 11) is 0. The number of amides is 2. The molecule has 1 aliphatic rings. The molecule has 1 aliphatic carbocycles. The van der Waals surface area contributed by atoms with Gasteiger partial charge in [0.05, 0.1) is 11.3 Å². The Morgan fingerprint density at radius 3 is 2.68 bits per heavy atom. The highest BCUT2D eigenvalue weighted by atomic mass is 16.5. The van der Waals surface area contributed by atoms with Gasteiger partial charge in [-0.2, -0.15) is 0 Å². The maximum atomic E-state index is 12.5. The molecule has 3 rings (SSSR count). The molecule has 0 fully saturated rings. The number of hydrogen-bond acceptors (Lipinski definition) is 3. The first kappa shape index (κ1) is 19.9. The normalized spacial score (nSPS) is 13.9. The number of fused-ring (bicyclic) bond motifs is 1. The standard InChI is InChI=1S/C23H28N2O3/c1-3-16(2)24-23(27)19-12-6-7-13-20(19)25-22(26)15-28-21-14-8-10-17-9-4-5-11-18(17)21/h6-8,10,12-14,16H,3-5,9,11,15H2,1-2H3,(H,24,27)(H,25,26). The fourth-order valence-electron chi connectivity index (χ4n) is 3.40. The van der Waals surface area contributed by atoms with Crippen molar-refractivity contribution in [1.29, 1.82) is 0 Å². The average molecular weight is 380 g/mol. The molecule has 5 nitrogen and oxygen atoms in total. The first-order chi connectivity index (χ1) is 13.6. The highest BCUT2D eigenvalue weighted by Gasteiger charge is 2.17. The van der Waals surface area contributed by atoms with Crippen LogP contribution in [-0.2, 0) is 17.6 Å². The molecule has 0 heterocycles. The number of carbonyl (C=O) groups is 2. The van der Waals surface area contributed by atoms with Crippen LogP contribution in [0.2, 0.25) is 0 Å². The molecule has 0 bridgehead atoms. The van der Waals surface area contributed by atoms with Crippen LogP contribution in [0.3, 0.4) is 0 Å². The number of aryl methyl sites for hydroxylation is 1. The summed E-state index contributed by atoms with van der Waals surface area (Å²) < 4.78 is 5.81. The SMILES string of the molecule is CCC(C)NC(=O)c1ccccc1NC(=O)COc1cccc2c1CCCC2.